The second kappa shape index (κ2) is 10.6. The molecular weight excluding hydrogens is 471 g/mol. The first-order valence-electron chi connectivity index (χ1n) is 10.7. The Bertz CT molecular complexity index is 1200. The van der Waals surface area contributed by atoms with Gasteiger partial charge in [0.05, 0.1) is 11.4 Å². The van der Waals surface area contributed by atoms with Gasteiger partial charge < -0.3 is 14.6 Å². The van der Waals surface area contributed by atoms with Crippen molar-refractivity contribution in [2.24, 2.45) is 0 Å². The van der Waals surface area contributed by atoms with E-state index in [9.17, 15) is 14.2 Å². The van der Waals surface area contributed by atoms with Crippen molar-refractivity contribution < 1.29 is 23.4 Å². The van der Waals surface area contributed by atoms with E-state index in [2.05, 4.69) is 10.6 Å². The third kappa shape index (κ3) is 7.29. The molecule has 2 N–H and O–H groups in total. The molecule has 7 nitrogen and oxygen atoms in total. The fourth-order valence-electron chi connectivity index (χ4n) is 3.12. The van der Waals surface area contributed by atoms with E-state index in [1.807, 2.05) is 29.6 Å². The van der Waals surface area contributed by atoms with E-state index < -0.39 is 19.1 Å². The fourth-order valence-corrected chi connectivity index (χ4v) is 4.85. The van der Waals surface area contributed by atoms with Crippen LogP contribution >= 0.6 is 18.7 Å². The predicted molar refractivity (Wildman–Crippen MR) is 138 cm³/mol. The zero-order chi connectivity index (χ0) is 24.9. The Morgan fingerprint density at radius 3 is 2.29 bits per heavy atom. The molecule has 3 rings (SSSR count). The number of ether oxygens (including phenoxy) is 1. The summed E-state index contributed by atoms with van der Waals surface area (Å²) in [6.07, 6.45) is -0.323. The average molecular weight is 501 g/mol. The highest BCUT2D eigenvalue weighted by molar-refractivity contribution is 7.57. The zero-order valence-corrected chi connectivity index (χ0v) is 21.6. The molecule has 1 atom stereocenters. The van der Waals surface area contributed by atoms with Crippen LogP contribution < -0.4 is 10.6 Å². The summed E-state index contributed by atoms with van der Waals surface area (Å²) in [6.45, 7) is 6.92. The predicted octanol–water partition coefficient (Wildman–Crippen LogP) is 7.07. The average Bonchev–Trinajstić information content (AvgIpc) is 3.29. The van der Waals surface area contributed by atoms with Gasteiger partial charge in [-0.05, 0) is 67.6 Å². The third-order valence-electron chi connectivity index (χ3n) is 4.78. The van der Waals surface area contributed by atoms with Crippen LogP contribution in [0.15, 0.2) is 60.0 Å². The number of nitrogens with one attached hydrogen (secondary N) is 2. The molecule has 0 saturated carbocycles. The van der Waals surface area contributed by atoms with Gasteiger partial charge in [-0.2, -0.15) is 0 Å². The number of hydrogen-bond donors (Lipinski definition) is 2. The standard InChI is InChI=1S/C25H29N2O5PS/c1-25(2,3)32-24(29)27-20-13-12-19(22-7-6-14-34-22)15-21(20)26-23(28)18-10-8-17(9-11-18)16-33(5,30)31-4/h6-15H,16H2,1-5H3,(H,26,28)(H,27,29). The van der Waals surface area contributed by atoms with Crippen LogP contribution in [0.2, 0.25) is 0 Å². The maximum atomic E-state index is 13.0. The SMILES string of the molecule is COP(C)(=O)Cc1ccc(C(=O)Nc2cc(-c3cccs3)ccc2NC(=O)OC(C)(C)C)cc1. The Balaban J connectivity index is 1.84. The highest BCUT2D eigenvalue weighted by Crippen LogP contribution is 2.45. The van der Waals surface area contributed by atoms with Crippen LogP contribution in [0.5, 0.6) is 0 Å². The van der Waals surface area contributed by atoms with Gasteiger partial charge in [0.15, 0.2) is 0 Å². The molecule has 0 radical (unpaired) electrons. The highest BCUT2D eigenvalue weighted by atomic mass is 32.1. The lowest BCUT2D eigenvalue weighted by Crippen LogP contribution is -2.27. The van der Waals surface area contributed by atoms with Gasteiger partial charge in [-0.25, -0.2) is 4.79 Å². The molecule has 2 aromatic carbocycles. The molecule has 180 valence electrons. The quantitative estimate of drug-likeness (QED) is 0.339. The van der Waals surface area contributed by atoms with Gasteiger partial charge in [-0.1, -0.05) is 24.3 Å². The van der Waals surface area contributed by atoms with Gasteiger partial charge in [0.1, 0.15) is 5.60 Å². The minimum atomic E-state index is -2.71. The first-order chi connectivity index (χ1) is 16.0. The normalized spacial score (nSPS) is 13.1. The van der Waals surface area contributed by atoms with Crippen molar-refractivity contribution in [1.82, 2.24) is 0 Å². The first kappa shape index (κ1) is 25.7. The number of benzene rings is 2. The van der Waals surface area contributed by atoms with Crippen molar-refractivity contribution in [3.63, 3.8) is 0 Å². The first-order valence-corrected chi connectivity index (χ1v) is 13.8. The van der Waals surface area contributed by atoms with E-state index in [-0.39, 0.29) is 12.1 Å². The second-order valence-corrected chi connectivity index (χ2v) is 12.5. The van der Waals surface area contributed by atoms with Crippen molar-refractivity contribution in [2.45, 2.75) is 32.5 Å². The maximum Gasteiger partial charge on any atom is 0.412 e. The summed E-state index contributed by atoms with van der Waals surface area (Å²) in [5.41, 5.74) is 2.37. The van der Waals surface area contributed by atoms with E-state index in [4.69, 9.17) is 9.26 Å². The molecule has 1 aromatic heterocycles. The Labute approximate surface area is 203 Å². The van der Waals surface area contributed by atoms with Crippen molar-refractivity contribution >= 4 is 42.1 Å². The summed E-state index contributed by atoms with van der Waals surface area (Å²) < 4.78 is 22.6. The minimum Gasteiger partial charge on any atom is -0.444 e. The largest absolute Gasteiger partial charge is 0.444 e. The highest BCUT2D eigenvalue weighted by Gasteiger charge is 2.19. The van der Waals surface area contributed by atoms with Crippen LogP contribution in [0.25, 0.3) is 10.4 Å². The van der Waals surface area contributed by atoms with Crippen molar-refractivity contribution in [3.05, 3.63) is 71.1 Å². The lowest BCUT2D eigenvalue weighted by atomic mass is 10.1. The summed E-state index contributed by atoms with van der Waals surface area (Å²) in [4.78, 5) is 26.4. The fraction of sp³-hybridized carbons (Fsp3) is 0.280. The Morgan fingerprint density at radius 2 is 1.71 bits per heavy atom. The number of carbonyl (C=O) groups is 2. The lowest BCUT2D eigenvalue weighted by molar-refractivity contribution is 0.0635. The van der Waals surface area contributed by atoms with E-state index in [0.717, 1.165) is 16.0 Å². The molecular formula is C25H29N2O5PS. The number of hydrogen-bond acceptors (Lipinski definition) is 6. The molecule has 1 heterocycles. The molecule has 0 spiro atoms. The number of rotatable bonds is 7. The van der Waals surface area contributed by atoms with Gasteiger partial charge >= 0.3 is 6.09 Å². The van der Waals surface area contributed by atoms with E-state index in [1.165, 1.54) is 7.11 Å². The van der Waals surface area contributed by atoms with Crippen LogP contribution in [0, 0.1) is 0 Å². The molecule has 34 heavy (non-hydrogen) atoms. The Hall–Kier alpha value is -2.93. The maximum absolute atomic E-state index is 13.0. The number of amides is 2. The second-order valence-electron chi connectivity index (χ2n) is 8.87. The summed E-state index contributed by atoms with van der Waals surface area (Å²) in [5, 5.41) is 7.59. The van der Waals surface area contributed by atoms with Gasteiger partial charge in [0.25, 0.3) is 5.91 Å². The van der Waals surface area contributed by atoms with Crippen LogP contribution in [0.1, 0.15) is 36.7 Å². The Kier molecular flexibility index (Phi) is 7.97. The summed E-state index contributed by atoms with van der Waals surface area (Å²) >= 11 is 1.58. The monoisotopic (exact) mass is 500 g/mol. The molecule has 1 unspecified atom stereocenters. The molecule has 0 aliphatic rings. The summed E-state index contributed by atoms with van der Waals surface area (Å²) in [7, 11) is -1.28. The smallest absolute Gasteiger partial charge is 0.412 e. The number of thiophene rings is 1. The van der Waals surface area contributed by atoms with Crippen LogP contribution in [0.4, 0.5) is 16.2 Å². The third-order valence-corrected chi connectivity index (χ3v) is 7.41. The van der Waals surface area contributed by atoms with Crippen LogP contribution in [-0.4, -0.2) is 31.4 Å². The molecule has 0 fully saturated rings. The molecule has 0 bridgehead atoms. The summed E-state index contributed by atoms with van der Waals surface area (Å²) in [5.74, 6) is -0.339. The van der Waals surface area contributed by atoms with Gasteiger partial charge in [0, 0.05) is 30.4 Å². The van der Waals surface area contributed by atoms with Crippen LogP contribution in [0.3, 0.4) is 0 Å². The Morgan fingerprint density at radius 1 is 1.00 bits per heavy atom. The van der Waals surface area contributed by atoms with Crippen molar-refractivity contribution in [1.29, 1.82) is 0 Å². The molecule has 0 aliphatic carbocycles. The minimum absolute atomic E-state index is 0.290. The topological polar surface area (TPSA) is 93.7 Å². The summed E-state index contributed by atoms with van der Waals surface area (Å²) in [6, 6.07) is 16.2. The molecule has 3 aromatic rings. The van der Waals surface area contributed by atoms with E-state index in [0.29, 0.717) is 16.9 Å². The van der Waals surface area contributed by atoms with Gasteiger partial charge in [-0.3, -0.25) is 14.7 Å². The van der Waals surface area contributed by atoms with Gasteiger partial charge in [0.2, 0.25) is 7.37 Å². The molecule has 9 heteroatoms. The molecule has 0 aliphatic heterocycles. The van der Waals surface area contributed by atoms with E-state index in [1.54, 1.807) is 69.1 Å². The number of carbonyl (C=O) groups excluding carboxylic acids is 2. The van der Waals surface area contributed by atoms with Crippen molar-refractivity contribution in [2.75, 3.05) is 24.4 Å². The van der Waals surface area contributed by atoms with Crippen LogP contribution in [-0.2, 0) is 20.0 Å². The lowest BCUT2D eigenvalue weighted by Gasteiger charge is -2.21. The number of anilines is 2. The molecule has 0 saturated heterocycles. The van der Waals surface area contributed by atoms with E-state index >= 15 is 0 Å². The van der Waals surface area contributed by atoms with Crippen molar-refractivity contribution in [3.8, 4) is 10.4 Å². The van der Waals surface area contributed by atoms with Gasteiger partial charge in [-0.15, -0.1) is 11.3 Å². The molecule has 2 amide bonds. The zero-order valence-electron chi connectivity index (χ0n) is 19.9.